The van der Waals surface area contributed by atoms with Crippen LogP contribution in [-0.2, 0) is 11.8 Å². The summed E-state index contributed by atoms with van der Waals surface area (Å²) in [6.07, 6.45) is 8.34. The lowest BCUT2D eigenvalue weighted by Gasteiger charge is -2.41. The molecule has 11 nitrogen and oxygen atoms in total. The first-order valence-corrected chi connectivity index (χ1v) is 13.1. The van der Waals surface area contributed by atoms with Gasteiger partial charge in [-0.25, -0.2) is 4.98 Å². The smallest absolute Gasteiger partial charge is 0.257 e. The van der Waals surface area contributed by atoms with E-state index < -0.39 is 5.60 Å². The minimum atomic E-state index is -0.778. The van der Waals surface area contributed by atoms with Crippen molar-refractivity contribution in [1.82, 2.24) is 29.6 Å². The second-order valence-corrected chi connectivity index (χ2v) is 10.7. The summed E-state index contributed by atoms with van der Waals surface area (Å²) in [7, 11) is 1.85. The highest BCUT2D eigenvalue weighted by atomic mass is 16.3. The number of aromatic amines is 1. The molecule has 0 bridgehead atoms. The largest absolute Gasteiger partial charge is 0.388 e. The fourth-order valence-corrected chi connectivity index (χ4v) is 4.94. The van der Waals surface area contributed by atoms with Crippen LogP contribution in [0.15, 0.2) is 43.0 Å². The molecule has 1 unspecified atom stereocenters. The lowest BCUT2D eigenvalue weighted by Crippen LogP contribution is -2.52. The highest BCUT2D eigenvalue weighted by Gasteiger charge is 2.36. The number of rotatable bonds is 7. The molecule has 4 aromatic rings. The van der Waals surface area contributed by atoms with Crippen LogP contribution >= 0.6 is 0 Å². The van der Waals surface area contributed by atoms with Crippen molar-refractivity contribution in [1.29, 1.82) is 0 Å². The summed E-state index contributed by atoms with van der Waals surface area (Å²) in [6, 6.07) is 5.41. The molecule has 1 saturated heterocycles. The Morgan fingerprint density at radius 1 is 1.15 bits per heavy atom. The van der Waals surface area contributed by atoms with Crippen LogP contribution in [0.1, 0.15) is 42.7 Å². The van der Waals surface area contributed by atoms with E-state index in [0.717, 1.165) is 36.0 Å². The number of fused-ring (bicyclic) bond motifs is 1. The minimum absolute atomic E-state index is 0.118. The zero-order valence-corrected chi connectivity index (χ0v) is 22.7. The van der Waals surface area contributed by atoms with Gasteiger partial charge in [-0.15, -0.1) is 0 Å². The third-order valence-corrected chi connectivity index (χ3v) is 7.39. The van der Waals surface area contributed by atoms with E-state index in [0.29, 0.717) is 34.8 Å². The fraction of sp³-hybridized carbons (Fsp3) is 0.393. The monoisotopic (exact) mass is 530 g/mol. The van der Waals surface area contributed by atoms with Crippen LogP contribution in [0, 0.1) is 12.8 Å². The number of carbonyl (C=O) groups excluding carboxylic acids is 2. The normalized spacial score (nSPS) is 18.0. The summed E-state index contributed by atoms with van der Waals surface area (Å²) < 4.78 is 1.72. The maximum absolute atomic E-state index is 13.1. The van der Waals surface area contributed by atoms with Crippen LogP contribution in [0.5, 0.6) is 0 Å². The molecule has 0 saturated carbocycles. The van der Waals surface area contributed by atoms with Crippen molar-refractivity contribution in [2.24, 2.45) is 13.0 Å². The van der Waals surface area contributed by atoms with Crippen LogP contribution in [0.4, 0.5) is 11.4 Å². The predicted molar refractivity (Wildman–Crippen MR) is 149 cm³/mol. The van der Waals surface area contributed by atoms with Gasteiger partial charge in [0.1, 0.15) is 5.65 Å². The quantitative estimate of drug-likeness (QED) is 0.287. The minimum Gasteiger partial charge on any atom is -0.388 e. The predicted octanol–water partition coefficient (Wildman–Crippen LogP) is 3.34. The van der Waals surface area contributed by atoms with E-state index in [9.17, 15) is 14.7 Å². The van der Waals surface area contributed by atoms with Gasteiger partial charge >= 0.3 is 0 Å². The van der Waals surface area contributed by atoms with Gasteiger partial charge in [0.25, 0.3) is 5.91 Å². The zero-order chi connectivity index (χ0) is 27.7. The first-order valence-electron chi connectivity index (χ1n) is 13.1. The first-order chi connectivity index (χ1) is 18.6. The molecule has 0 spiro atoms. The summed E-state index contributed by atoms with van der Waals surface area (Å²) in [4.78, 5) is 39.8. The molecule has 11 heteroatoms. The van der Waals surface area contributed by atoms with Gasteiger partial charge in [-0.2, -0.15) is 5.10 Å². The number of pyridine rings is 2. The molecule has 1 atom stereocenters. The van der Waals surface area contributed by atoms with E-state index >= 15 is 0 Å². The van der Waals surface area contributed by atoms with Gasteiger partial charge in [0.2, 0.25) is 5.91 Å². The number of aromatic nitrogens is 5. The molecule has 4 N–H and O–H groups in total. The summed E-state index contributed by atoms with van der Waals surface area (Å²) in [6.45, 7) is 7.20. The number of hydrogen-bond donors (Lipinski definition) is 4. The van der Waals surface area contributed by atoms with Crippen molar-refractivity contribution in [3.63, 3.8) is 0 Å². The number of aliphatic hydroxyl groups is 1. The van der Waals surface area contributed by atoms with Gasteiger partial charge in [0, 0.05) is 36.9 Å². The van der Waals surface area contributed by atoms with Crippen LogP contribution in [0.25, 0.3) is 22.3 Å². The Bertz CT molecular complexity index is 1520. The van der Waals surface area contributed by atoms with E-state index in [1.165, 1.54) is 6.20 Å². The maximum Gasteiger partial charge on any atom is 0.257 e. The number of H-pyrrole nitrogens is 1. The van der Waals surface area contributed by atoms with Gasteiger partial charge in [-0.05, 0) is 50.4 Å². The van der Waals surface area contributed by atoms with Crippen molar-refractivity contribution < 1.29 is 14.7 Å². The number of nitrogens with zero attached hydrogens (tertiary/aromatic N) is 5. The number of likely N-dealkylation sites (tertiary alicyclic amines) is 1. The van der Waals surface area contributed by atoms with Crippen molar-refractivity contribution in [2.75, 3.05) is 30.3 Å². The molecule has 1 fully saturated rings. The lowest BCUT2D eigenvalue weighted by atomic mass is 9.83. The van der Waals surface area contributed by atoms with Crippen LogP contribution in [0.2, 0.25) is 0 Å². The van der Waals surface area contributed by atoms with Gasteiger partial charge in [-0.3, -0.25) is 24.2 Å². The van der Waals surface area contributed by atoms with Gasteiger partial charge < -0.3 is 20.7 Å². The van der Waals surface area contributed by atoms with E-state index in [1.54, 1.807) is 36.1 Å². The molecule has 4 aromatic heterocycles. The number of β-amino-alcohol motifs (C(OH)–C–C–N with tert-alkyl or cyclic N) is 1. The van der Waals surface area contributed by atoms with Crippen LogP contribution < -0.4 is 10.6 Å². The number of nitrogens with one attached hydrogen (secondary N) is 3. The van der Waals surface area contributed by atoms with Gasteiger partial charge in [0.15, 0.2) is 0 Å². The SMILES string of the molecule is Cc1ncc(NC(=O)CN2CCCC(O)(C(C)C)C2)cc1NC(=O)c1cnc2[nH]c(-c3cnn(C)c3)cc2c1. The average Bonchev–Trinajstić information content (AvgIpc) is 3.51. The maximum atomic E-state index is 13.1. The second-order valence-electron chi connectivity index (χ2n) is 10.7. The molecule has 2 amide bonds. The van der Waals surface area contributed by atoms with Crippen molar-refractivity contribution in [2.45, 2.75) is 39.2 Å². The Morgan fingerprint density at radius 2 is 1.97 bits per heavy atom. The topological polar surface area (TPSA) is 141 Å². The van der Waals surface area contributed by atoms with Gasteiger partial charge in [-0.1, -0.05) is 13.8 Å². The third kappa shape index (κ3) is 5.84. The summed E-state index contributed by atoms with van der Waals surface area (Å²) >= 11 is 0. The third-order valence-electron chi connectivity index (χ3n) is 7.39. The average molecular weight is 531 g/mol. The summed E-state index contributed by atoms with van der Waals surface area (Å²) in [5.41, 5.74) is 3.69. The Hall–Kier alpha value is -4.09. The highest BCUT2D eigenvalue weighted by Crippen LogP contribution is 2.28. The van der Waals surface area contributed by atoms with Crippen LogP contribution in [0.3, 0.4) is 0 Å². The Labute approximate surface area is 226 Å². The molecule has 39 heavy (non-hydrogen) atoms. The van der Waals surface area contributed by atoms with E-state index in [2.05, 4.69) is 30.7 Å². The van der Waals surface area contributed by atoms with Crippen molar-refractivity contribution in [3.05, 3.63) is 54.2 Å². The summed E-state index contributed by atoms with van der Waals surface area (Å²) in [5, 5.41) is 21.6. The molecule has 1 aliphatic heterocycles. The number of hydrogen-bond acceptors (Lipinski definition) is 7. The highest BCUT2D eigenvalue weighted by molar-refractivity contribution is 6.06. The molecule has 204 valence electrons. The van der Waals surface area contributed by atoms with Crippen molar-refractivity contribution in [3.8, 4) is 11.3 Å². The molecule has 5 heterocycles. The standard InChI is InChI=1S/C28H34N8O3/c1-17(2)28(39)6-5-7-36(16-28)15-25(37)32-22-10-23(18(3)29-13-22)34-27(38)20-8-19-9-24(33-26(19)30-11-20)21-12-31-35(4)14-21/h8-14,17,39H,5-7,15-16H2,1-4H3,(H,30,33)(H,32,37)(H,34,38). The van der Waals surface area contributed by atoms with E-state index in [4.69, 9.17) is 0 Å². The molecule has 0 aliphatic carbocycles. The Kier molecular flexibility index (Phi) is 7.19. The van der Waals surface area contributed by atoms with E-state index in [-0.39, 0.29) is 24.3 Å². The zero-order valence-electron chi connectivity index (χ0n) is 22.7. The molecule has 0 aromatic carbocycles. The fourth-order valence-electron chi connectivity index (χ4n) is 4.94. The summed E-state index contributed by atoms with van der Waals surface area (Å²) in [5.74, 6) is -0.409. The lowest BCUT2D eigenvalue weighted by molar-refractivity contribution is -0.120. The number of piperidine rings is 1. The van der Waals surface area contributed by atoms with Gasteiger partial charge in [0.05, 0.1) is 52.9 Å². The Balaban J connectivity index is 1.25. The Morgan fingerprint density at radius 3 is 2.72 bits per heavy atom. The van der Waals surface area contributed by atoms with Crippen molar-refractivity contribution >= 4 is 34.2 Å². The number of anilines is 2. The number of aryl methyl sites for hydroxylation is 2. The second kappa shape index (κ2) is 10.6. The van der Waals surface area contributed by atoms with Crippen LogP contribution in [-0.4, -0.2) is 71.8 Å². The number of carbonyl (C=O) groups is 2. The molecular formula is C28H34N8O3. The number of amides is 2. The first kappa shape index (κ1) is 26.5. The molecule has 1 aliphatic rings. The molecule has 5 rings (SSSR count). The van der Waals surface area contributed by atoms with E-state index in [1.807, 2.05) is 38.1 Å². The molecule has 0 radical (unpaired) electrons. The molecular weight excluding hydrogens is 496 g/mol.